The Labute approximate surface area is 130 Å². The fraction of sp³-hybridized carbons (Fsp3) is 0.308. The second-order valence-electron chi connectivity index (χ2n) is 4.64. The van der Waals surface area contributed by atoms with Crippen LogP contribution in [0.2, 0.25) is 5.02 Å². The molecule has 6 nitrogen and oxygen atoms in total. The van der Waals surface area contributed by atoms with Crippen molar-refractivity contribution in [2.75, 3.05) is 18.4 Å². The van der Waals surface area contributed by atoms with Gasteiger partial charge in [-0.25, -0.2) is 4.79 Å². The number of nitrogens with zero attached hydrogens (tertiary/aromatic N) is 3. The molecule has 21 heavy (non-hydrogen) atoms. The Kier molecular flexibility index (Phi) is 4.21. The van der Waals surface area contributed by atoms with Gasteiger partial charge in [-0.3, -0.25) is 5.32 Å². The molecule has 8 heteroatoms. The summed E-state index contributed by atoms with van der Waals surface area (Å²) in [5.41, 5.74) is 0. The average Bonchev–Trinajstić information content (AvgIpc) is 3.13. The van der Waals surface area contributed by atoms with Crippen LogP contribution in [0, 0.1) is 0 Å². The van der Waals surface area contributed by atoms with Crippen molar-refractivity contribution in [3.63, 3.8) is 0 Å². The molecule has 0 unspecified atom stereocenters. The maximum atomic E-state index is 12.0. The van der Waals surface area contributed by atoms with E-state index in [9.17, 15) is 4.79 Å². The highest BCUT2D eigenvalue weighted by Gasteiger charge is 2.27. The third kappa shape index (κ3) is 3.62. The van der Waals surface area contributed by atoms with Gasteiger partial charge in [-0.15, -0.1) is 5.10 Å². The lowest BCUT2D eigenvalue weighted by Gasteiger charge is -2.17. The molecule has 1 aromatic carbocycles. The van der Waals surface area contributed by atoms with Gasteiger partial charge < -0.3 is 9.64 Å². The number of urea groups is 1. The summed E-state index contributed by atoms with van der Waals surface area (Å²) in [5, 5.41) is 7.76. The first-order valence-electron chi connectivity index (χ1n) is 6.46. The fourth-order valence-electron chi connectivity index (χ4n) is 2.12. The first kappa shape index (κ1) is 14.1. The quantitative estimate of drug-likeness (QED) is 0.942. The van der Waals surface area contributed by atoms with Crippen molar-refractivity contribution in [3.05, 3.63) is 35.5 Å². The molecule has 1 aliphatic heterocycles. The number of aromatic nitrogens is 2. The molecule has 0 bridgehead atoms. The molecule has 2 aromatic rings. The van der Waals surface area contributed by atoms with Gasteiger partial charge in [-0.2, -0.15) is 0 Å². The van der Waals surface area contributed by atoms with Crippen LogP contribution in [-0.4, -0.2) is 39.7 Å². The zero-order valence-corrected chi connectivity index (χ0v) is 12.6. The molecule has 0 saturated carbocycles. The van der Waals surface area contributed by atoms with Crippen LogP contribution in [0.3, 0.4) is 0 Å². The van der Waals surface area contributed by atoms with E-state index >= 15 is 0 Å². The summed E-state index contributed by atoms with van der Waals surface area (Å²) in [6, 6.07) is 7.07. The first-order chi connectivity index (χ1) is 10.2. The molecule has 0 aliphatic carbocycles. The minimum absolute atomic E-state index is 0.00323. The Morgan fingerprint density at radius 2 is 2.24 bits per heavy atom. The molecule has 110 valence electrons. The molecule has 1 saturated heterocycles. The lowest BCUT2D eigenvalue weighted by atomic mass is 10.3. The number of ether oxygens (including phenoxy) is 1. The predicted octanol–water partition coefficient (Wildman–Crippen LogP) is 2.88. The molecular formula is C13H13ClN4O2S. The summed E-state index contributed by atoms with van der Waals surface area (Å²) < 4.78 is 9.55. The van der Waals surface area contributed by atoms with Crippen LogP contribution >= 0.6 is 23.1 Å². The van der Waals surface area contributed by atoms with Crippen molar-refractivity contribution in [2.45, 2.75) is 12.5 Å². The number of hydrogen-bond donors (Lipinski definition) is 1. The summed E-state index contributed by atoms with van der Waals surface area (Å²) in [5.74, 6) is 0.762. The third-order valence-electron chi connectivity index (χ3n) is 3.14. The van der Waals surface area contributed by atoms with Gasteiger partial charge >= 0.3 is 6.03 Å². The van der Waals surface area contributed by atoms with Crippen molar-refractivity contribution in [3.8, 4) is 5.75 Å². The minimum Gasteiger partial charge on any atom is -0.489 e. The van der Waals surface area contributed by atoms with E-state index in [0.717, 1.165) is 23.7 Å². The molecule has 1 N–H and O–H groups in total. The second kappa shape index (κ2) is 6.28. The Morgan fingerprint density at radius 3 is 2.95 bits per heavy atom. The normalized spacial score (nSPS) is 17.8. The molecule has 2 amide bonds. The van der Waals surface area contributed by atoms with Gasteiger partial charge in [0.1, 0.15) is 16.9 Å². The van der Waals surface area contributed by atoms with Crippen molar-refractivity contribution in [2.24, 2.45) is 0 Å². The van der Waals surface area contributed by atoms with Crippen LogP contribution in [0.4, 0.5) is 9.80 Å². The smallest absolute Gasteiger partial charge is 0.322 e. The second-order valence-corrected chi connectivity index (χ2v) is 5.86. The summed E-state index contributed by atoms with van der Waals surface area (Å²) >= 11 is 6.99. The van der Waals surface area contributed by atoms with Gasteiger partial charge in [-0.1, -0.05) is 16.1 Å². The number of hydrogen-bond acceptors (Lipinski definition) is 5. The van der Waals surface area contributed by atoms with Gasteiger partial charge in [0.25, 0.3) is 0 Å². The summed E-state index contributed by atoms with van der Waals surface area (Å²) in [7, 11) is 0. The Balaban J connectivity index is 1.53. The number of rotatable bonds is 3. The number of halogens is 1. The Hall–Kier alpha value is -1.86. The fourth-order valence-corrected chi connectivity index (χ4v) is 2.66. The van der Waals surface area contributed by atoms with Crippen molar-refractivity contribution >= 4 is 34.2 Å². The van der Waals surface area contributed by atoms with E-state index in [-0.39, 0.29) is 12.1 Å². The van der Waals surface area contributed by atoms with E-state index in [4.69, 9.17) is 16.3 Å². The van der Waals surface area contributed by atoms with E-state index in [0.29, 0.717) is 23.1 Å². The van der Waals surface area contributed by atoms with Crippen molar-refractivity contribution in [1.29, 1.82) is 0 Å². The van der Waals surface area contributed by atoms with E-state index in [1.807, 2.05) is 12.1 Å². The first-order valence-corrected chi connectivity index (χ1v) is 7.61. The van der Waals surface area contributed by atoms with Crippen LogP contribution in [0.5, 0.6) is 5.75 Å². The van der Waals surface area contributed by atoms with Gasteiger partial charge in [0.05, 0.1) is 12.7 Å². The van der Waals surface area contributed by atoms with Crippen molar-refractivity contribution < 1.29 is 9.53 Å². The average molecular weight is 325 g/mol. The molecule has 1 fully saturated rings. The monoisotopic (exact) mass is 324 g/mol. The van der Waals surface area contributed by atoms with Crippen LogP contribution in [0.15, 0.2) is 30.5 Å². The van der Waals surface area contributed by atoms with E-state index in [1.165, 1.54) is 6.20 Å². The van der Waals surface area contributed by atoms with Crippen LogP contribution in [-0.2, 0) is 0 Å². The molecule has 1 aromatic heterocycles. The van der Waals surface area contributed by atoms with E-state index < -0.39 is 0 Å². The number of amides is 2. The highest BCUT2D eigenvalue weighted by molar-refractivity contribution is 7.10. The minimum atomic E-state index is -0.150. The maximum Gasteiger partial charge on any atom is 0.322 e. The molecule has 1 aliphatic rings. The van der Waals surface area contributed by atoms with Gasteiger partial charge in [0.15, 0.2) is 0 Å². The highest BCUT2D eigenvalue weighted by atomic mass is 35.5. The topological polar surface area (TPSA) is 67.4 Å². The summed E-state index contributed by atoms with van der Waals surface area (Å²) in [6.07, 6.45) is 2.33. The maximum absolute atomic E-state index is 12.0. The summed E-state index contributed by atoms with van der Waals surface area (Å²) in [4.78, 5) is 13.8. The number of nitrogens with one attached hydrogen (secondary N) is 1. The largest absolute Gasteiger partial charge is 0.489 e. The molecular weight excluding hydrogens is 312 g/mol. The van der Waals surface area contributed by atoms with E-state index in [2.05, 4.69) is 14.9 Å². The lowest BCUT2D eigenvalue weighted by molar-refractivity contribution is 0.195. The van der Waals surface area contributed by atoms with Gasteiger partial charge in [0.2, 0.25) is 0 Å². The Bertz CT molecular complexity index is 605. The highest BCUT2D eigenvalue weighted by Crippen LogP contribution is 2.21. The van der Waals surface area contributed by atoms with Crippen LogP contribution in [0.1, 0.15) is 6.42 Å². The van der Waals surface area contributed by atoms with E-state index in [1.54, 1.807) is 17.0 Å². The molecule has 2 heterocycles. The number of carbonyl (C=O) groups excluding carboxylic acids is 1. The number of anilines is 1. The zero-order valence-electron chi connectivity index (χ0n) is 11.0. The number of likely N-dealkylation sites (tertiary alicyclic amines) is 1. The lowest BCUT2D eigenvalue weighted by Crippen LogP contribution is -2.34. The predicted molar refractivity (Wildman–Crippen MR) is 81.0 cm³/mol. The summed E-state index contributed by atoms with van der Waals surface area (Å²) in [6.45, 7) is 1.22. The van der Waals surface area contributed by atoms with Gasteiger partial charge in [0, 0.05) is 29.5 Å². The van der Waals surface area contributed by atoms with Crippen LogP contribution < -0.4 is 10.1 Å². The SMILES string of the molecule is O=C(Nc1cnns1)N1CC[C@@H](Oc2ccc(Cl)cc2)C1. The van der Waals surface area contributed by atoms with Gasteiger partial charge in [-0.05, 0) is 24.3 Å². The number of carbonyl (C=O) groups is 1. The van der Waals surface area contributed by atoms with Crippen molar-refractivity contribution in [1.82, 2.24) is 14.5 Å². The van der Waals surface area contributed by atoms with Crippen LogP contribution in [0.25, 0.3) is 0 Å². The standard InChI is InChI=1S/C13H13ClN4O2S/c14-9-1-3-10(4-2-9)20-11-5-6-18(8-11)13(19)16-12-7-15-17-21-12/h1-4,7,11H,5-6,8H2,(H,16,19)/t11-/m1/s1. The third-order valence-corrected chi connectivity index (χ3v) is 3.97. The zero-order chi connectivity index (χ0) is 14.7. The number of benzene rings is 1. The molecule has 1 atom stereocenters. The molecule has 0 radical (unpaired) electrons. The molecule has 3 rings (SSSR count). The molecule has 0 spiro atoms. The Morgan fingerprint density at radius 1 is 1.43 bits per heavy atom.